The van der Waals surface area contributed by atoms with Crippen molar-refractivity contribution in [2.75, 3.05) is 13.6 Å². The van der Waals surface area contributed by atoms with E-state index in [1.165, 1.54) is 19.2 Å². The van der Waals surface area contributed by atoms with E-state index in [2.05, 4.69) is 0 Å². The Bertz CT molecular complexity index is 482. The summed E-state index contributed by atoms with van der Waals surface area (Å²) in [5, 5.41) is 10.3. The van der Waals surface area contributed by atoms with E-state index in [1.54, 1.807) is 0 Å². The lowest BCUT2D eigenvalue weighted by atomic mass is 10.1. The zero-order chi connectivity index (χ0) is 13.9. The minimum Gasteiger partial charge on any atom is -0.336 e. The number of alkyl halides is 2. The lowest BCUT2D eigenvalue weighted by Gasteiger charge is -2.17. The summed E-state index contributed by atoms with van der Waals surface area (Å²) in [5.74, 6) is -0.788. The molecule has 0 fully saturated rings. The van der Waals surface area contributed by atoms with E-state index >= 15 is 0 Å². The van der Waals surface area contributed by atoms with Crippen LogP contribution in [0, 0.1) is 10.1 Å². The molecule has 0 heterocycles. The lowest BCUT2D eigenvalue weighted by molar-refractivity contribution is -0.384. The van der Waals surface area contributed by atoms with Crippen LogP contribution in [0.2, 0.25) is 5.02 Å². The molecule has 0 bridgehead atoms. The molecule has 0 saturated heterocycles. The Kier molecular flexibility index (Phi) is 4.55. The molecule has 5 nitrogen and oxygen atoms in total. The fourth-order valence-corrected chi connectivity index (χ4v) is 1.60. The van der Waals surface area contributed by atoms with Crippen LogP contribution in [0.25, 0.3) is 0 Å². The van der Waals surface area contributed by atoms with Gasteiger partial charge >= 0.3 is 0 Å². The first-order valence-electron chi connectivity index (χ1n) is 4.81. The fraction of sp³-hybridized carbons (Fsp3) is 0.300. The standard InChI is InChI=1S/C10H9ClF2N2O3/c1-14(5-8(12)13)10(16)6-3-2-4-7(9(6)11)15(17)18/h2-4,8H,5H2,1H3. The summed E-state index contributed by atoms with van der Waals surface area (Å²) in [6, 6.07) is 3.65. The molecule has 0 aliphatic rings. The van der Waals surface area contributed by atoms with Gasteiger partial charge in [-0.05, 0) is 6.07 Å². The molecule has 0 aromatic heterocycles. The van der Waals surface area contributed by atoms with E-state index in [9.17, 15) is 23.7 Å². The van der Waals surface area contributed by atoms with Gasteiger partial charge in [-0.15, -0.1) is 0 Å². The predicted octanol–water partition coefficient (Wildman–Crippen LogP) is 2.59. The second-order valence-electron chi connectivity index (χ2n) is 3.47. The first kappa shape index (κ1) is 14.3. The molecule has 0 aliphatic heterocycles. The Morgan fingerprint density at radius 2 is 2.17 bits per heavy atom. The van der Waals surface area contributed by atoms with Gasteiger partial charge in [0.1, 0.15) is 5.02 Å². The molecule has 0 atom stereocenters. The molecule has 1 amide bonds. The first-order chi connectivity index (χ1) is 8.34. The Morgan fingerprint density at radius 1 is 1.56 bits per heavy atom. The maximum Gasteiger partial charge on any atom is 0.288 e. The van der Waals surface area contributed by atoms with Crippen LogP contribution >= 0.6 is 11.6 Å². The molecule has 0 saturated carbocycles. The van der Waals surface area contributed by atoms with Gasteiger partial charge in [0.25, 0.3) is 18.0 Å². The number of amides is 1. The monoisotopic (exact) mass is 278 g/mol. The maximum absolute atomic E-state index is 12.1. The van der Waals surface area contributed by atoms with Crippen molar-refractivity contribution in [1.29, 1.82) is 0 Å². The molecule has 98 valence electrons. The summed E-state index contributed by atoms with van der Waals surface area (Å²) in [6.07, 6.45) is -2.68. The third kappa shape index (κ3) is 3.13. The molecule has 1 aromatic rings. The highest BCUT2D eigenvalue weighted by Crippen LogP contribution is 2.28. The first-order valence-corrected chi connectivity index (χ1v) is 5.19. The summed E-state index contributed by atoms with van der Waals surface area (Å²) in [7, 11) is 1.17. The minimum absolute atomic E-state index is 0.172. The number of carbonyl (C=O) groups excluding carboxylic acids is 1. The molecule has 1 rings (SSSR count). The second-order valence-corrected chi connectivity index (χ2v) is 3.85. The van der Waals surface area contributed by atoms with Crippen molar-refractivity contribution in [3.8, 4) is 0 Å². The number of nitrogens with zero attached hydrogens (tertiary/aromatic N) is 2. The summed E-state index contributed by atoms with van der Waals surface area (Å²) in [5.41, 5.74) is -0.609. The van der Waals surface area contributed by atoms with Crippen LogP contribution in [-0.2, 0) is 0 Å². The van der Waals surface area contributed by atoms with Crippen LogP contribution in [0.5, 0.6) is 0 Å². The number of hydrogen-bond donors (Lipinski definition) is 0. The van der Waals surface area contributed by atoms with Crippen molar-refractivity contribution in [1.82, 2.24) is 4.90 Å². The number of carbonyl (C=O) groups is 1. The number of nitro groups is 1. The Hall–Kier alpha value is -1.76. The third-order valence-electron chi connectivity index (χ3n) is 2.16. The zero-order valence-corrected chi connectivity index (χ0v) is 10.0. The van der Waals surface area contributed by atoms with Crippen LogP contribution in [-0.4, -0.2) is 35.7 Å². The van der Waals surface area contributed by atoms with Crippen molar-refractivity contribution >= 4 is 23.2 Å². The highest BCUT2D eigenvalue weighted by molar-refractivity contribution is 6.35. The molecular weight excluding hydrogens is 270 g/mol. The SMILES string of the molecule is CN(CC(F)F)C(=O)c1cccc([N+](=O)[O-])c1Cl. The van der Waals surface area contributed by atoms with Crippen molar-refractivity contribution in [2.24, 2.45) is 0 Å². The van der Waals surface area contributed by atoms with Gasteiger partial charge in [-0.3, -0.25) is 14.9 Å². The number of benzene rings is 1. The highest BCUT2D eigenvalue weighted by atomic mass is 35.5. The smallest absolute Gasteiger partial charge is 0.288 e. The van der Waals surface area contributed by atoms with Gasteiger partial charge in [0.15, 0.2) is 0 Å². The van der Waals surface area contributed by atoms with Gasteiger partial charge < -0.3 is 4.90 Å². The molecule has 0 radical (unpaired) electrons. The molecule has 0 unspecified atom stereocenters. The van der Waals surface area contributed by atoms with E-state index in [1.807, 2.05) is 0 Å². The summed E-state index contributed by atoms with van der Waals surface area (Å²) < 4.78 is 24.3. The minimum atomic E-state index is -2.68. The summed E-state index contributed by atoms with van der Waals surface area (Å²) in [6.45, 7) is -0.766. The lowest BCUT2D eigenvalue weighted by Crippen LogP contribution is -2.31. The molecule has 8 heteroatoms. The van der Waals surface area contributed by atoms with E-state index in [0.717, 1.165) is 11.0 Å². The van der Waals surface area contributed by atoms with Gasteiger partial charge in [0.2, 0.25) is 0 Å². The maximum atomic E-state index is 12.1. The van der Waals surface area contributed by atoms with Crippen LogP contribution in [0.3, 0.4) is 0 Å². The third-order valence-corrected chi connectivity index (χ3v) is 2.56. The molecule has 1 aromatic carbocycles. The molecular formula is C10H9ClF2N2O3. The van der Waals surface area contributed by atoms with E-state index in [4.69, 9.17) is 11.6 Å². The molecule has 0 N–H and O–H groups in total. The van der Waals surface area contributed by atoms with Gasteiger partial charge in [-0.25, -0.2) is 8.78 Å². The van der Waals surface area contributed by atoms with Gasteiger partial charge in [-0.2, -0.15) is 0 Å². The van der Waals surface area contributed by atoms with Crippen molar-refractivity contribution in [2.45, 2.75) is 6.43 Å². The topological polar surface area (TPSA) is 63.5 Å². The van der Waals surface area contributed by atoms with Crippen molar-refractivity contribution in [3.63, 3.8) is 0 Å². The number of hydrogen-bond acceptors (Lipinski definition) is 3. The second kappa shape index (κ2) is 5.72. The number of nitro benzene ring substituents is 1. The normalized spacial score (nSPS) is 10.5. The molecule has 0 aliphatic carbocycles. The predicted molar refractivity (Wildman–Crippen MR) is 61.1 cm³/mol. The average molecular weight is 279 g/mol. The van der Waals surface area contributed by atoms with Crippen molar-refractivity contribution < 1.29 is 18.5 Å². The Balaban J connectivity index is 3.07. The quantitative estimate of drug-likeness (QED) is 0.628. The van der Waals surface area contributed by atoms with E-state index < -0.39 is 29.5 Å². The van der Waals surface area contributed by atoms with Crippen LogP contribution in [0.15, 0.2) is 18.2 Å². The van der Waals surface area contributed by atoms with Gasteiger partial charge in [0, 0.05) is 13.1 Å². The highest BCUT2D eigenvalue weighted by Gasteiger charge is 2.23. The zero-order valence-electron chi connectivity index (χ0n) is 9.27. The molecule has 18 heavy (non-hydrogen) atoms. The number of rotatable bonds is 4. The summed E-state index contributed by atoms with van der Waals surface area (Å²) >= 11 is 5.70. The van der Waals surface area contributed by atoms with Crippen molar-refractivity contribution in [3.05, 3.63) is 38.9 Å². The molecule has 0 spiro atoms. The Morgan fingerprint density at radius 3 is 2.67 bits per heavy atom. The van der Waals surface area contributed by atoms with Gasteiger partial charge in [-0.1, -0.05) is 17.7 Å². The van der Waals surface area contributed by atoms with E-state index in [0.29, 0.717) is 0 Å². The summed E-state index contributed by atoms with van der Waals surface area (Å²) in [4.78, 5) is 22.4. The largest absolute Gasteiger partial charge is 0.336 e. The number of halogens is 3. The average Bonchev–Trinajstić information content (AvgIpc) is 2.27. The Labute approximate surface area is 106 Å². The fourth-order valence-electron chi connectivity index (χ4n) is 1.32. The van der Waals surface area contributed by atoms with Crippen LogP contribution < -0.4 is 0 Å². The van der Waals surface area contributed by atoms with Crippen LogP contribution in [0.1, 0.15) is 10.4 Å². The van der Waals surface area contributed by atoms with Crippen LogP contribution in [0.4, 0.5) is 14.5 Å². The van der Waals surface area contributed by atoms with E-state index in [-0.39, 0.29) is 10.6 Å². The van der Waals surface area contributed by atoms with Gasteiger partial charge in [0.05, 0.1) is 17.0 Å².